The van der Waals surface area contributed by atoms with E-state index in [1.54, 1.807) is 19.4 Å². The number of pyridine rings is 1. The van der Waals surface area contributed by atoms with Gasteiger partial charge in [-0.3, -0.25) is 9.88 Å². The minimum Gasteiger partial charge on any atom is -0.497 e. The van der Waals surface area contributed by atoms with Crippen LogP contribution < -0.4 is 4.74 Å². The normalized spacial score (nSPS) is 12.5. The molecule has 2 aromatic rings. The second kappa shape index (κ2) is 7.92. The number of hydrogen-bond acceptors (Lipinski definition) is 4. The lowest BCUT2D eigenvalue weighted by atomic mass is 10.1. The first-order valence-corrected chi connectivity index (χ1v) is 7.97. The number of aliphatic hydroxyl groups is 1. The van der Waals surface area contributed by atoms with E-state index in [2.05, 4.69) is 20.9 Å². The van der Waals surface area contributed by atoms with Gasteiger partial charge in [-0.1, -0.05) is 27.5 Å². The predicted octanol–water partition coefficient (Wildman–Crippen LogP) is 3.67. The molecule has 0 saturated carbocycles. The molecule has 0 spiro atoms. The molecule has 0 aliphatic heterocycles. The van der Waals surface area contributed by atoms with Gasteiger partial charge in [-0.15, -0.1) is 0 Å². The molecule has 118 valence electrons. The van der Waals surface area contributed by atoms with E-state index in [-0.39, 0.29) is 12.6 Å². The van der Waals surface area contributed by atoms with E-state index in [1.807, 2.05) is 36.2 Å². The Morgan fingerprint density at radius 3 is 2.82 bits per heavy atom. The van der Waals surface area contributed by atoms with Crippen molar-refractivity contribution < 1.29 is 9.84 Å². The number of rotatable bonds is 6. The lowest BCUT2D eigenvalue weighted by molar-refractivity contribution is 0.140. The Balaban J connectivity index is 2.26. The van der Waals surface area contributed by atoms with Crippen LogP contribution in [-0.4, -0.2) is 35.8 Å². The quantitative estimate of drug-likeness (QED) is 0.824. The topological polar surface area (TPSA) is 45.6 Å². The third-order valence-electron chi connectivity index (χ3n) is 3.50. The van der Waals surface area contributed by atoms with Gasteiger partial charge in [-0.2, -0.15) is 0 Å². The van der Waals surface area contributed by atoms with Gasteiger partial charge in [0.15, 0.2) is 0 Å². The zero-order chi connectivity index (χ0) is 16.1. The first kappa shape index (κ1) is 17.2. The summed E-state index contributed by atoms with van der Waals surface area (Å²) in [5.74, 6) is 0.751. The third kappa shape index (κ3) is 3.98. The van der Waals surface area contributed by atoms with Gasteiger partial charge in [-0.25, -0.2) is 0 Å². The number of nitrogens with zero attached hydrogens (tertiary/aromatic N) is 2. The Hall–Kier alpha value is -1.14. The molecule has 2 rings (SSSR count). The summed E-state index contributed by atoms with van der Waals surface area (Å²) in [5.41, 5.74) is 1.74. The summed E-state index contributed by atoms with van der Waals surface area (Å²) in [4.78, 5) is 6.30. The highest BCUT2D eigenvalue weighted by molar-refractivity contribution is 9.10. The van der Waals surface area contributed by atoms with Crippen molar-refractivity contribution in [2.24, 2.45) is 0 Å². The fourth-order valence-corrected chi connectivity index (χ4v) is 2.95. The molecule has 1 aromatic heterocycles. The maximum Gasteiger partial charge on any atom is 0.119 e. The van der Waals surface area contributed by atoms with Crippen LogP contribution in [0, 0.1) is 0 Å². The van der Waals surface area contributed by atoms with Crippen LogP contribution in [0.3, 0.4) is 0 Å². The molecule has 0 aliphatic rings. The Bertz CT molecular complexity index is 639. The number of likely N-dealkylation sites (N-methyl/N-ethyl adjacent to an activating group) is 1. The van der Waals surface area contributed by atoms with Gasteiger partial charge in [-0.05, 0) is 42.9 Å². The van der Waals surface area contributed by atoms with Crippen molar-refractivity contribution in [3.05, 3.63) is 57.3 Å². The highest BCUT2D eigenvalue weighted by Crippen LogP contribution is 2.31. The summed E-state index contributed by atoms with van der Waals surface area (Å²) < 4.78 is 6.19. The minimum atomic E-state index is -0.192. The monoisotopic (exact) mass is 384 g/mol. The maximum absolute atomic E-state index is 9.83. The Labute approximate surface area is 143 Å². The molecule has 0 amide bonds. The standard InChI is InChI=1S/C16H18BrClN2O2/c1-20(9-15-14(18)4-3-7-19-15)16(10-21)12-8-11(22-2)5-6-13(12)17/h3-8,16,21H,9-10H2,1-2H3. The largest absolute Gasteiger partial charge is 0.497 e. The van der Waals surface area contributed by atoms with Crippen molar-refractivity contribution in [3.63, 3.8) is 0 Å². The number of hydrogen-bond donors (Lipinski definition) is 1. The van der Waals surface area contributed by atoms with Crippen molar-refractivity contribution in [1.82, 2.24) is 9.88 Å². The van der Waals surface area contributed by atoms with Crippen molar-refractivity contribution in [1.29, 1.82) is 0 Å². The first-order chi connectivity index (χ1) is 10.6. The first-order valence-electron chi connectivity index (χ1n) is 6.80. The van der Waals surface area contributed by atoms with Crippen LogP contribution in [0.25, 0.3) is 0 Å². The number of halogens is 2. The van der Waals surface area contributed by atoms with Gasteiger partial charge in [0.25, 0.3) is 0 Å². The van der Waals surface area contributed by atoms with Crippen LogP contribution in [-0.2, 0) is 6.54 Å². The zero-order valence-electron chi connectivity index (χ0n) is 12.5. The Morgan fingerprint density at radius 1 is 1.41 bits per heavy atom. The molecule has 1 unspecified atom stereocenters. The molecule has 0 aliphatic carbocycles. The van der Waals surface area contributed by atoms with Gasteiger partial charge in [0.1, 0.15) is 5.75 Å². The van der Waals surface area contributed by atoms with E-state index < -0.39 is 0 Å². The van der Waals surface area contributed by atoms with Crippen molar-refractivity contribution in [3.8, 4) is 5.75 Å². The summed E-state index contributed by atoms with van der Waals surface area (Å²) in [6.45, 7) is 0.515. The van der Waals surface area contributed by atoms with Crippen LogP contribution in [0.4, 0.5) is 0 Å². The van der Waals surface area contributed by atoms with Crippen LogP contribution in [0.15, 0.2) is 41.0 Å². The van der Waals surface area contributed by atoms with Crippen LogP contribution >= 0.6 is 27.5 Å². The van der Waals surface area contributed by atoms with E-state index >= 15 is 0 Å². The SMILES string of the molecule is COc1ccc(Br)c(C(CO)N(C)Cc2ncccc2Cl)c1. The summed E-state index contributed by atoms with van der Waals surface area (Å²) >= 11 is 9.69. The number of ether oxygens (including phenoxy) is 1. The molecular formula is C16H18BrClN2O2. The molecular weight excluding hydrogens is 368 g/mol. The second-order valence-electron chi connectivity index (χ2n) is 4.93. The lowest BCUT2D eigenvalue weighted by Gasteiger charge is -2.28. The van der Waals surface area contributed by atoms with Crippen molar-refractivity contribution in [2.75, 3.05) is 20.8 Å². The molecule has 6 heteroatoms. The van der Waals surface area contributed by atoms with E-state index in [9.17, 15) is 5.11 Å². The average molecular weight is 386 g/mol. The van der Waals surface area contributed by atoms with Gasteiger partial charge in [0.2, 0.25) is 0 Å². The molecule has 1 atom stereocenters. The number of aromatic nitrogens is 1. The highest BCUT2D eigenvalue weighted by atomic mass is 79.9. The number of benzene rings is 1. The molecule has 22 heavy (non-hydrogen) atoms. The molecule has 4 nitrogen and oxygen atoms in total. The van der Waals surface area contributed by atoms with E-state index in [0.29, 0.717) is 11.6 Å². The molecule has 0 saturated heterocycles. The fraction of sp³-hybridized carbons (Fsp3) is 0.312. The smallest absolute Gasteiger partial charge is 0.119 e. The van der Waals surface area contributed by atoms with Gasteiger partial charge < -0.3 is 9.84 Å². The fourth-order valence-electron chi connectivity index (χ4n) is 2.26. The van der Waals surface area contributed by atoms with E-state index in [1.165, 1.54) is 0 Å². The molecule has 1 aromatic carbocycles. The molecule has 0 radical (unpaired) electrons. The molecule has 1 N–H and O–H groups in total. The Morgan fingerprint density at radius 2 is 2.18 bits per heavy atom. The van der Waals surface area contributed by atoms with Crippen LogP contribution in [0.5, 0.6) is 5.75 Å². The maximum atomic E-state index is 9.83. The lowest BCUT2D eigenvalue weighted by Crippen LogP contribution is -2.27. The molecule has 1 heterocycles. The zero-order valence-corrected chi connectivity index (χ0v) is 14.8. The summed E-state index contributed by atoms with van der Waals surface area (Å²) in [5, 5.41) is 10.4. The summed E-state index contributed by atoms with van der Waals surface area (Å²) in [6, 6.07) is 9.13. The summed E-state index contributed by atoms with van der Waals surface area (Å²) in [7, 11) is 3.55. The van der Waals surface area contributed by atoms with E-state index in [4.69, 9.17) is 16.3 Å². The van der Waals surface area contributed by atoms with Crippen LogP contribution in [0.1, 0.15) is 17.3 Å². The van der Waals surface area contributed by atoms with Gasteiger partial charge in [0.05, 0.1) is 30.5 Å². The predicted molar refractivity (Wildman–Crippen MR) is 91.2 cm³/mol. The minimum absolute atomic E-state index is 0.0211. The van der Waals surface area contributed by atoms with E-state index in [0.717, 1.165) is 21.5 Å². The van der Waals surface area contributed by atoms with Crippen molar-refractivity contribution >= 4 is 27.5 Å². The second-order valence-corrected chi connectivity index (χ2v) is 6.19. The average Bonchev–Trinajstić information content (AvgIpc) is 2.52. The molecule has 0 fully saturated rings. The third-order valence-corrected chi connectivity index (χ3v) is 4.57. The number of aliphatic hydroxyl groups excluding tert-OH is 1. The van der Waals surface area contributed by atoms with Gasteiger partial charge >= 0.3 is 0 Å². The van der Waals surface area contributed by atoms with Crippen molar-refractivity contribution in [2.45, 2.75) is 12.6 Å². The molecule has 0 bridgehead atoms. The highest BCUT2D eigenvalue weighted by Gasteiger charge is 2.20. The van der Waals surface area contributed by atoms with Gasteiger partial charge in [0, 0.05) is 17.2 Å². The number of methoxy groups -OCH3 is 1. The Kier molecular flexibility index (Phi) is 6.20. The summed E-state index contributed by atoms with van der Waals surface area (Å²) in [6.07, 6.45) is 1.71. The van der Waals surface area contributed by atoms with Crippen LogP contribution in [0.2, 0.25) is 5.02 Å².